The average Bonchev–Trinajstić information content (AvgIpc) is 2.73. The van der Waals surface area contributed by atoms with Crippen LogP contribution in [0.15, 0.2) is 0 Å². The first-order chi connectivity index (χ1) is 9.33. The Morgan fingerprint density at radius 3 is 2.55 bits per heavy atom. The Kier molecular flexibility index (Phi) is 4.09. The molecule has 0 aliphatic carbocycles. The molecule has 0 atom stereocenters. The third-order valence-electron chi connectivity index (χ3n) is 3.15. The Morgan fingerprint density at radius 2 is 2.05 bits per heavy atom. The summed E-state index contributed by atoms with van der Waals surface area (Å²) in [7, 11) is 1.56. The summed E-state index contributed by atoms with van der Waals surface area (Å²) in [5.74, 6) is -0.330. The fourth-order valence-corrected chi connectivity index (χ4v) is 2.18. The van der Waals surface area contributed by atoms with Crippen LogP contribution in [-0.2, 0) is 7.05 Å². The number of hydrogen-bond donors (Lipinski definition) is 1. The molecule has 0 spiro atoms. The molecule has 0 bridgehead atoms. The van der Waals surface area contributed by atoms with E-state index in [1.807, 2.05) is 0 Å². The predicted molar refractivity (Wildman–Crippen MR) is 62.8 cm³/mol. The predicted octanol–water partition coefficient (Wildman–Crippen LogP) is 1.41. The molecule has 0 aromatic carbocycles. The second-order valence-electron chi connectivity index (χ2n) is 4.78. The number of halogens is 3. The van der Waals surface area contributed by atoms with Crippen LogP contribution in [-0.4, -0.2) is 50.4 Å². The van der Waals surface area contributed by atoms with Gasteiger partial charge in [0.1, 0.15) is 0 Å². The maximum Gasteiger partial charge on any atom is 0.389 e. The molecule has 0 radical (unpaired) electrons. The van der Waals surface area contributed by atoms with Gasteiger partial charge in [0, 0.05) is 19.5 Å². The highest BCUT2D eigenvalue weighted by atomic mass is 19.4. The molecule has 1 N–H and O–H groups in total. The molecule has 2 amide bonds. The van der Waals surface area contributed by atoms with Gasteiger partial charge in [0.2, 0.25) is 0 Å². The number of carbonyl (C=O) groups is 1. The van der Waals surface area contributed by atoms with Crippen LogP contribution >= 0.6 is 0 Å². The van der Waals surface area contributed by atoms with Gasteiger partial charge in [-0.15, -0.1) is 5.10 Å². The monoisotopic (exact) mass is 292 g/mol. The van der Waals surface area contributed by atoms with Crippen LogP contribution in [0.1, 0.15) is 19.3 Å². The molecule has 0 unspecified atom stereocenters. The summed E-state index contributed by atoms with van der Waals surface area (Å²) >= 11 is 0. The third kappa shape index (κ3) is 4.07. The molecule has 20 heavy (non-hydrogen) atoms. The van der Waals surface area contributed by atoms with Gasteiger partial charge in [0.05, 0.1) is 7.05 Å². The van der Waals surface area contributed by atoms with Crippen molar-refractivity contribution in [2.75, 3.05) is 18.4 Å². The minimum Gasteiger partial charge on any atom is -0.324 e. The van der Waals surface area contributed by atoms with E-state index in [2.05, 4.69) is 20.7 Å². The lowest BCUT2D eigenvalue weighted by Crippen LogP contribution is -2.41. The zero-order chi connectivity index (χ0) is 14.8. The molecular weight excluding hydrogens is 277 g/mol. The van der Waals surface area contributed by atoms with Gasteiger partial charge in [-0.25, -0.2) is 4.79 Å². The van der Waals surface area contributed by atoms with Crippen molar-refractivity contribution in [1.29, 1.82) is 0 Å². The number of likely N-dealkylation sites (tertiary alicyclic amines) is 1. The van der Waals surface area contributed by atoms with Crippen molar-refractivity contribution in [2.24, 2.45) is 13.0 Å². The Morgan fingerprint density at radius 1 is 1.40 bits per heavy atom. The van der Waals surface area contributed by atoms with Crippen LogP contribution in [0, 0.1) is 5.92 Å². The number of urea groups is 1. The molecular formula is C10H15F3N6O. The van der Waals surface area contributed by atoms with Crippen LogP contribution in [0.25, 0.3) is 0 Å². The normalized spacial score (nSPS) is 17.3. The van der Waals surface area contributed by atoms with E-state index >= 15 is 0 Å². The zero-order valence-electron chi connectivity index (χ0n) is 10.9. The fraction of sp³-hybridized carbons (Fsp3) is 0.800. The highest BCUT2D eigenvalue weighted by molar-refractivity contribution is 5.87. The van der Waals surface area contributed by atoms with Crippen molar-refractivity contribution in [3.05, 3.63) is 0 Å². The minimum atomic E-state index is -4.14. The van der Waals surface area contributed by atoms with Gasteiger partial charge in [0.25, 0.3) is 5.95 Å². The van der Waals surface area contributed by atoms with Gasteiger partial charge in [-0.1, -0.05) is 5.10 Å². The van der Waals surface area contributed by atoms with E-state index in [0.717, 1.165) is 0 Å². The number of rotatable bonds is 2. The average molecular weight is 292 g/mol. The van der Waals surface area contributed by atoms with Gasteiger partial charge in [-0.05, 0) is 24.0 Å². The lowest BCUT2D eigenvalue weighted by molar-refractivity contribution is -0.147. The molecule has 112 valence electrons. The molecule has 1 aliphatic rings. The summed E-state index contributed by atoms with van der Waals surface area (Å²) in [5, 5.41) is 13.4. The van der Waals surface area contributed by atoms with Crippen molar-refractivity contribution < 1.29 is 18.0 Å². The van der Waals surface area contributed by atoms with Crippen LogP contribution < -0.4 is 5.32 Å². The molecule has 1 aromatic rings. The van der Waals surface area contributed by atoms with Crippen molar-refractivity contribution in [2.45, 2.75) is 25.4 Å². The van der Waals surface area contributed by atoms with E-state index in [9.17, 15) is 18.0 Å². The largest absolute Gasteiger partial charge is 0.389 e. The number of alkyl halides is 3. The fourth-order valence-electron chi connectivity index (χ4n) is 2.18. The maximum atomic E-state index is 12.3. The number of nitrogens with zero attached hydrogens (tertiary/aromatic N) is 5. The highest BCUT2D eigenvalue weighted by Gasteiger charge is 2.34. The van der Waals surface area contributed by atoms with E-state index in [1.54, 1.807) is 7.05 Å². The first kappa shape index (κ1) is 14.5. The molecule has 7 nitrogen and oxygen atoms in total. The minimum absolute atomic E-state index is 0.0786. The van der Waals surface area contributed by atoms with E-state index in [0.29, 0.717) is 25.9 Å². The molecule has 1 aromatic heterocycles. The molecule has 1 aliphatic heterocycles. The first-order valence-corrected chi connectivity index (χ1v) is 6.20. The second kappa shape index (κ2) is 5.63. The summed E-state index contributed by atoms with van der Waals surface area (Å²) in [6.07, 6.45) is -4.23. The van der Waals surface area contributed by atoms with Crippen LogP contribution in [0.5, 0.6) is 0 Å². The van der Waals surface area contributed by atoms with E-state index in [-0.39, 0.29) is 5.95 Å². The van der Waals surface area contributed by atoms with Crippen molar-refractivity contribution >= 4 is 12.0 Å². The summed E-state index contributed by atoms with van der Waals surface area (Å²) in [5.41, 5.74) is 0. The van der Waals surface area contributed by atoms with Crippen LogP contribution in [0.3, 0.4) is 0 Å². The smallest absolute Gasteiger partial charge is 0.324 e. The summed E-state index contributed by atoms with van der Waals surface area (Å²) < 4.78 is 36.8. The number of carbonyl (C=O) groups excluding carboxylic acids is 1. The molecule has 0 saturated carbocycles. The lowest BCUT2D eigenvalue weighted by Gasteiger charge is -2.31. The van der Waals surface area contributed by atoms with Crippen LogP contribution in [0.4, 0.5) is 23.9 Å². The molecule has 2 heterocycles. The van der Waals surface area contributed by atoms with E-state index < -0.39 is 24.5 Å². The number of tetrazole rings is 1. The van der Waals surface area contributed by atoms with Crippen molar-refractivity contribution in [1.82, 2.24) is 25.1 Å². The Bertz CT molecular complexity index is 466. The summed E-state index contributed by atoms with van der Waals surface area (Å²) in [6.45, 7) is 0.597. The number of anilines is 1. The molecule has 1 fully saturated rings. The Balaban J connectivity index is 1.80. The van der Waals surface area contributed by atoms with Gasteiger partial charge in [-0.2, -0.15) is 18.0 Å². The molecule has 10 heteroatoms. The van der Waals surface area contributed by atoms with E-state index in [1.165, 1.54) is 9.70 Å². The number of aromatic nitrogens is 4. The van der Waals surface area contributed by atoms with Gasteiger partial charge in [-0.3, -0.25) is 5.32 Å². The number of hydrogen-bond acceptors (Lipinski definition) is 4. The first-order valence-electron chi connectivity index (χ1n) is 6.20. The van der Waals surface area contributed by atoms with Gasteiger partial charge in [0.15, 0.2) is 0 Å². The molecule has 2 rings (SSSR count). The number of aryl methyl sites for hydroxylation is 1. The van der Waals surface area contributed by atoms with Gasteiger partial charge >= 0.3 is 12.2 Å². The Labute approximate surface area is 113 Å². The third-order valence-corrected chi connectivity index (χ3v) is 3.15. The summed E-state index contributed by atoms with van der Waals surface area (Å²) in [4.78, 5) is 14.5. The summed E-state index contributed by atoms with van der Waals surface area (Å²) in [6, 6.07) is -0.413. The molecule has 1 saturated heterocycles. The second-order valence-corrected chi connectivity index (χ2v) is 4.78. The standard InChI is InChI=1S/C10H15F3N6O/c1-18-16-8(15-17-18)14-9(20)19-4-2-7(3-5-19)6-10(11,12)13/h7H,2-6H2,1H3,(H,14,16,20). The zero-order valence-corrected chi connectivity index (χ0v) is 10.9. The quantitative estimate of drug-likeness (QED) is 0.894. The number of amides is 2. The van der Waals surface area contributed by atoms with Crippen molar-refractivity contribution in [3.8, 4) is 0 Å². The lowest BCUT2D eigenvalue weighted by atomic mass is 9.93. The highest BCUT2D eigenvalue weighted by Crippen LogP contribution is 2.30. The topological polar surface area (TPSA) is 75.9 Å². The van der Waals surface area contributed by atoms with E-state index in [4.69, 9.17) is 0 Å². The number of piperidine rings is 1. The van der Waals surface area contributed by atoms with Crippen LogP contribution in [0.2, 0.25) is 0 Å². The van der Waals surface area contributed by atoms with Gasteiger partial charge < -0.3 is 4.90 Å². The number of nitrogens with one attached hydrogen (secondary N) is 1. The Hall–Kier alpha value is -1.87. The maximum absolute atomic E-state index is 12.3. The van der Waals surface area contributed by atoms with Crippen molar-refractivity contribution in [3.63, 3.8) is 0 Å². The SMILES string of the molecule is Cn1nnc(NC(=O)N2CCC(CC(F)(F)F)CC2)n1.